The smallest absolute Gasteiger partial charge is 0.249 e. The molecule has 0 aliphatic rings. The fourth-order valence-electron chi connectivity index (χ4n) is 3.42. The Hall–Kier alpha value is -2.99. The zero-order valence-electron chi connectivity index (χ0n) is 16.7. The van der Waals surface area contributed by atoms with Crippen molar-refractivity contribution in [2.45, 2.75) is 39.7 Å². The number of pyridine rings is 1. The van der Waals surface area contributed by atoms with Gasteiger partial charge in [0, 0.05) is 47.7 Å². The molecule has 6 heteroatoms. The van der Waals surface area contributed by atoms with E-state index in [-0.39, 0.29) is 18.6 Å². The number of nitrogens with two attached hydrogens (primary N) is 1. The minimum atomic E-state index is -0.527. The highest BCUT2D eigenvalue weighted by Gasteiger charge is 2.23. The van der Waals surface area contributed by atoms with Crippen molar-refractivity contribution >= 4 is 5.91 Å². The molecule has 0 unspecified atom stereocenters. The van der Waals surface area contributed by atoms with E-state index in [4.69, 9.17) is 5.73 Å². The van der Waals surface area contributed by atoms with E-state index in [1.807, 2.05) is 56.6 Å². The third kappa shape index (κ3) is 3.68. The van der Waals surface area contributed by atoms with Gasteiger partial charge in [0.2, 0.25) is 5.91 Å². The molecular formula is C22H26N4O2. The summed E-state index contributed by atoms with van der Waals surface area (Å²) in [6.07, 6.45) is 3.53. The molecule has 1 amide bonds. The molecule has 1 atom stereocenters. The Labute approximate surface area is 165 Å². The van der Waals surface area contributed by atoms with Crippen LogP contribution in [0.25, 0.3) is 22.5 Å². The molecule has 146 valence electrons. The molecule has 0 spiro atoms. The summed E-state index contributed by atoms with van der Waals surface area (Å²) in [4.78, 5) is 16.8. The van der Waals surface area contributed by atoms with Crippen molar-refractivity contribution in [3.8, 4) is 22.5 Å². The molecule has 3 N–H and O–H groups in total. The van der Waals surface area contributed by atoms with Gasteiger partial charge in [-0.15, -0.1) is 0 Å². The van der Waals surface area contributed by atoms with Crippen LogP contribution >= 0.6 is 0 Å². The minimum Gasteiger partial charge on any atom is -0.396 e. The SMILES string of the molecule is Cc1ccc(-c2cc(C(N)=O)c([C@H](C)CO)c(-c3ccnn3C(C)C)c2)nc1. The molecular weight excluding hydrogens is 352 g/mol. The van der Waals surface area contributed by atoms with E-state index in [0.29, 0.717) is 5.56 Å². The molecule has 0 aliphatic heterocycles. The summed E-state index contributed by atoms with van der Waals surface area (Å²) >= 11 is 0. The molecule has 2 heterocycles. The standard InChI is InChI=1S/C22H26N4O2/c1-13(2)26-20(7-8-25-26)17-9-16(19-6-5-14(3)11-24-19)10-18(22(23)28)21(17)15(4)12-27/h5-11,13,15,27H,12H2,1-4H3,(H2,23,28)/t15-/m1/s1. The number of carbonyl (C=O) groups excluding carboxylic acids is 1. The summed E-state index contributed by atoms with van der Waals surface area (Å²) in [5.41, 5.74) is 11.2. The molecule has 6 nitrogen and oxygen atoms in total. The van der Waals surface area contributed by atoms with Crippen molar-refractivity contribution in [2.75, 3.05) is 6.61 Å². The van der Waals surface area contributed by atoms with Gasteiger partial charge in [-0.05, 0) is 56.2 Å². The number of hydrogen-bond donors (Lipinski definition) is 2. The molecule has 1 aromatic carbocycles. The Kier molecular flexibility index (Phi) is 5.61. The van der Waals surface area contributed by atoms with Crippen LogP contribution in [0.4, 0.5) is 0 Å². The Morgan fingerprint density at radius 2 is 1.96 bits per heavy atom. The lowest BCUT2D eigenvalue weighted by Gasteiger charge is -2.21. The number of carbonyl (C=O) groups is 1. The Morgan fingerprint density at radius 1 is 1.21 bits per heavy atom. The van der Waals surface area contributed by atoms with Gasteiger partial charge in [0.15, 0.2) is 0 Å². The van der Waals surface area contributed by atoms with Gasteiger partial charge >= 0.3 is 0 Å². The van der Waals surface area contributed by atoms with Gasteiger partial charge in [-0.1, -0.05) is 13.0 Å². The van der Waals surface area contributed by atoms with Crippen LogP contribution < -0.4 is 5.73 Å². The van der Waals surface area contributed by atoms with Crippen LogP contribution in [0.2, 0.25) is 0 Å². The van der Waals surface area contributed by atoms with Gasteiger partial charge in [0.05, 0.1) is 11.4 Å². The molecule has 0 saturated heterocycles. The summed E-state index contributed by atoms with van der Waals surface area (Å²) in [6.45, 7) is 7.86. The predicted octanol–water partition coefficient (Wildman–Crippen LogP) is 3.70. The van der Waals surface area contributed by atoms with E-state index in [9.17, 15) is 9.90 Å². The number of amides is 1. The Morgan fingerprint density at radius 3 is 2.54 bits per heavy atom. The number of aryl methyl sites for hydroxylation is 1. The van der Waals surface area contributed by atoms with Gasteiger partial charge in [0.25, 0.3) is 0 Å². The second-order valence-corrected chi connectivity index (χ2v) is 7.41. The molecule has 0 radical (unpaired) electrons. The van der Waals surface area contributed by atoms with E-state index in [0.717, 1.165) is 33.6 Å². The zero-order chi connectivity index (χ0) is 20.4. The quantitative estimate of drug-likeness (QED) is 0.684. The lowest BCUT2D eigenvalue weighted by Crippen LogP contribution is -2.18. The van der Waals surface area contributed by atoms with Crippen LogP contribution in [0.15, 0.2) is 42.7 Å². The van der Waals surface area contributed by atoms with Crippen LogP contribution in [0.3, 0.4) is 0 Å². The van der Waals surface area contributed by atoms with Crippen LogP contribution in [-0.4, -0.2) is 32.4 Å². The van der Waals surface area contributed by atoms with Gasteiger partial charge in [-0.25, -0.2) is 0 Å². The fraction of sp³-hybridized carbons (Fsp3) is 0.318. The molecule has 28 heavy (non-hydrogen) atoms. The van der Waals surface area contributed by atoms with E-state index < -0.39 is 5.91 Å². The van der Waals surface area contributed by atoms with Crippen LogP contribution in [0.5, 0.6) is 0 Å². The van der Waals surface area contributed by atoms with Crippen molar-refractivity contribution in [1.29, 1.82) is 0 Å². The van der Waals surface area contributed by atoms with Crippen LogP contribution in [-0.2, 0) is 0 Å². The maximum atomic E-state index is 12.3. The average Bonchev–Trinajstić information content (AvgIpc) is 3.17. The largest absolute Gasteiger partial charge is 0.396 e. The normalized spacial score (nSPS) is 12.4. The lowest BCUT2D eigenvalue weighted by molar-refractivity contribution is 0.0998. The van der Waals surface area contributed by atoms with Crippen LogP contribution in [0, 0.1) is 6.92 Å². The number of aliphatic hydroxyl groups is 1. The van der Waals surface area contributed by atoms with Crippen LogP contribution in [0.1, 0.15) is 54.2 Å². The minimum absolute atomic E-state index is 0.0920. The summed E-state index contributed by atoms with van der Waals surface area (Å²) in [7, 11) is 0. The number of aromatic nitrogens is 3. The topological polar surface area (TPSA) is 94.0 Å². The first kappa shape index (κ1) is 19.8. The van der Waals surface area contributed by atoms with Crippen molar-refractivity contribution in [2.24, 2.45) is 5.73 Å². The summed E-state index contributed by atoms with van der Waals surface area (Å²) < 4.78 is 1.90. The van der Waals surface area contributed by atoms with Crippen molar-refractivity contribution in [3.63, 3.8) is 0 Å². The highest BCUT2D eigenvalue weighted by molar-refractivity contribution is 5.98. The van der Waals surface area contributed by atoms with E-state index in [1.54, 1.807) is 18.5 Å². The Balaban J connectivity index is 2.34. The second kappa shape index (κ2) is 7.94. The van der Waals surface area contributed by atoms with Gasteiger partial charge < -0.3 is 10.8 Å². The third-order valence-electron chi connectivity index (χ3n) is 4.85. The van der Waals surface area contributed by atoms with Gasteiger partial charge in [-0.2, -0.15) is 5.10 Å². The predicted molar refractivity (Wildman–Crippen MR) is 110 cm³/mol. The maximum absolute atomic E-state index is 12.3. The first-order valence-corrected chi connectivity index (χ1v) is 9.39. The molecule has 3 rings (SSSR count). The number of nitrogens with zero attached hydrogens (tertiary/aromatic N) is 3. The third-order valence-corrected chi connectivity index (χ3v) is 4.85. The van der Waals surface area contributed by atoms with E-state index >= 15 is 0 Å². The van der Waals surface area contributed by atoms with E-state index in [2.05, 4.69) is 10.1 Å². The molecule has 0 aliphatic carbocycles. The monoisotopic (exact) mass is 378 g/mol. The first-order valence-electron chi connectivity index (χ1n) is 9.39. The van der Waals surface area contributed by atoms with Crippen molar-refractivity contribution in [3.05, 3.63) is 59.4 Å². The number of rotatable bonds is 6. The summed E-state index contributed by atoms with van der Waals surface area (Å²) in [5, 5.41) is 14.3. The molecule has 0 bridgehead atoms. The zero-order valence-corrected chi connectivity index (χ0v) is 16.7. The maximum Gasteiger partial charge on any atom is 0.249 e. The molecule has 2 aromatic heterocycles. The number of primary amides is 1. The van der Waals surface area contributed by atoms with Gasteiger partial charge in [0.1, 0.15) is 0 Å². The average molecular weight is 378 g/mol. The molecule has 0 fully saturated rings. The number of hydrogen-bond acceptors (Lipinski definition) is 4. The van der Waals surface area contributed by atoms with Gasteiger partial charge in [-0.3, -0.25) is 14.5 Å². The molecule has 3 aromatic rings. The molecule has 0 saturated carbocycles. The van der Waals surface area contributed by atoms with Crippen molar-refractivity contribution in [1.82, 2.24) is 14.8 Å². The Bertz CT molecular complexity index is 990. The fourth-order valence-corrected chi connectivity index (χ4v) is 3.42. The second-order valence-electron chi connectivity index (χ2n) is 7.41. The summed E-state index contributed by atoms with van der Waals surface area (Å²) in [5.74, 6) is -0.783. The highest BCUT2D eigenvalue weighted by atomic mass is 16.3. The van der Waals surface area contributed by atoms with E-state index in [1.165, 1.54) is 0 Å². The number of benzene rings is 1. The number of aliphatic hydroxyl groups excluding tert-OH is 1. The summed E-state index contributed by atoms with van der Waals surface area (Å²) in [6, 6.07) is 9.73. The first-order chi connectivity index (χ1) is 13.3. The highest BCUT2D eigenvalue weighted by Crippen LogP contribution is 2.36. The lowest BCUT2D eigenvalue weighted by atomic mass is 9.87. The van der Waals surface area contributed by atoms with Crippen molar-refractivity contribution < 1.29 is 9.90 Å².